The van der Waals surface area contributed by atoms with Crippen LogP contribution in [0, 0.1) is 0 Å². The van der Waals surface area contributed by atoms with Crippen LogP contribution >= 0.6 is 0 Å². The molecular formula is C15H19N3O3. The molecule has 1 aromatic carbocycles. The monoisotopic (exact) mass is 289 g/mol. The number of hydrogen-bond acceptors (Lipinski definition) is 4. The van der Waals surface area contributed by atoms with E-state index in [-0.39, 0.29) is 0 Å². The Labute approximate surface area is 123 Å². The molecule has 0 bridgehead atoms. The normalized spacial score (nSPS) is 13.7. The summed E-state index contributed by atoms with van der Waals surface area (Å²) in [6.07, 6.45) is 3.96. The van der Waals surface area contributed by atoms with Crippen LogP contribution in [-0.4, -0.2) is 24.1 Å². The molecule has 1 aromatic rings. The van der Waals surface area contributed by atoms with Crippen LogP contribution in [0.15, 0.2) is 29.4 Å². The van der Waals surface area contributed by atoms with Gasteiger partial charge >= 0.3 is 11.8 Å². The smallest absolute Gasteiger partial charge is 0.329 e. The van der Waals surface area contributed by atoms with E-state index in [4.69, 9.17) is 4.74 Å². The fourth-order valence-corrected chi connectivity index (χ4v) is 2.06. The van der Waals surface area contributed by atoms with Crippen molar-refractivity contribution in [3.05, 3.63) is 24.3 Å². The van der Waals surface area contributed by atoms with Gasteiger partial charge in [-0.2, -0.15) is 5.10 Å². The van der Waals surface area contributed by atoms with Crippen LogP contribution in [-0.2, 0) is 9.59 Å². The lowest BCUT2D eigenvalue weighted by atomic mass is 10.3. The van der Waals surface area contributed by atoms with E-state index in [9.17, 15) is 9.59 Å². The molecule has 0 aromatic heterocycles. The lowest BCUT2D eigenvalue weighted by Crippen LogP contribution is -2.32. The molecule has 112 valence electrons. The van der Waals surface area contributed by atoms with Crippen molar-refractivity contribution in [2.75, 3.05) is 11.9 Å². The molecular weight excluding hydrogens is 270 g/mol. The van der Waals surface area contributed by atoms with Gasteiger partial charge in [-0.25, -0.2) is 5.43 Å². The molecule has 2 N–H and O–H groups in total. The Morgan fingerprint density at radius 2 is 1.81 bits per heavy atom. The molecule has 0 radical (unpaired) electrons. The summed E-state index contributed by atoms with van der Waals surface area (Å²) in [5, 5.41) is 6.47. The lowest BCUT2D eigenvalue weighted by molar-refractivity contribution is -0.136. The van der Waals surface area contributed by atoms with Gasteiger partial charge in [0.2, 0.25) is 0 Å². The zero-order chi connectivity index (χ0) is 15.1. The van der Waals surface area contributed by atoms with Crippen molar-refractivity contribution in [3.63, 3.8) is 0 Å². The third-order valence-electron chi connectivity index (χ3n) is 3.13. The molecule has 0 atom stereocenters. The lowest BCUT2D eigenvalue weighted by Gasteiger charge is -2.06. The average molecular weight is 289 g/mol. The van der Waals surface area contributed by atoms with Crippen molar-refractivity contribution in [1.82, 2.24) is 5.43 Å². The number of benzene rings is 1. The Morgan fingerprint density at radius 3 is 2.43 bits per heavy atom. The predicted octanol–water partition coefficient (Wildman–Crippen LogP) is 2.07. The molecule has 1 aliphatic rings. The molecule has 0 unspecified atom stereocenters. The van der Waals surface area contributed by atoms with E-state index in [2.05, 4.69) is 15.8 Å². The zero-order valence-electron chi connectivity index (χ0n) is 12.0. The Balaban J connectivity index is 1.85. The second-order valence-corrected chi connectivity index (χ2v) is 4.74. The number of rotatable bonds is 4. The first-order chi connectivity index (χ1) is 10.2. The van der Waals surface area contributed by atoms with Crippen molar-refractivity contribution < 1.29 is 14.3 Å². The topological polar surface area (TPSA) is 79.8 Å². The number of carbonyl (C=O) groups excluding carboxylic acids is 2. The van der Waals surface area contributed by atoms with Crippen LogP contribution in [0.3, 0.4) is 0 Å². The Bertz CT molecular complexity index is 530. The van der Waals surface area contributed by atoms with E-state index in [1.54, 1.807) is 24.3 Å². The van der Waals surface area contributed by atoms with Gasteiger partial charge in [-0.15, -0.1) is 0 Å². The van der Waals surface area contributed by atoms with Gasteiger partial charge in [0.25, 0.3) is 0 Å². The second kappa shape index (κ2) is 7.42. The van der Waals surface area contributed by atoms with Crippen molar-refractivity contribution >= 4 is 23.2 Å². The minimum absolute atomic E-state index is 0.534. The standard InChI is InChI=1S/C15H19N3O3/c1-2-21-13-9-7-11(8-10-13)16-14(19)15(20)18-17-12-5-3-4-6-12/h7-10H,2-6H2,1H3,(H,16,19)(H,18,20). The Morgan fingerprint density at radius 1 is 1.14 bits per heavy atom. The zero-order valence-corrected chi connectivity index (χ0v) is 12.0. The second-order valence-electron chi connectivity index (χ2n) is 4.74. The van der Waals surface area contributed by atoms with Crippen molar-refractivity contribution in [3.8, 4) is 5.75 Å². The van der Waals surface area contributed by atoms with Crippen LogP contribution in [0.5, 0.6) is 5.75 Å². The Kier molecular flexibility index (Phi) is 5.31. The summed E-state index contributed by atoms with van der Waals surface area (Å²) in [6.45, 7) is 2.47. The summed E-state index contributed by atoms with van der Waals surface area (Å²) >= 11 is 0. The van der Waals surface area contributed by atoms with Crippen LogP contribution in [0.4, 0.5) is 5.69 Å². The molecule has 1 aliphatic carbocycles. The summed E-state index contributed by atoms with van der Waals surface area (Å²) < 4.78 is 5.30. The largest absolute Gasteiger partial charge is 0.494 e. The Hall–Kier alpha value is -2.37. The summed E-state index contributed by atoms with van der Waals surface area (Å²) in [6, 6.07) is 6.82. The molecule has 0 saturated heterocycles. The first-order valence-corrected chi connectivity index (χ1v) is 7.08. The minimum atomic E-state index is -0.761. The molecule has 2 amide bonds. The number of carbonyl (C=O) groups is 2. The molecule has 0 aliphatic heterocycles. The molecule has 0 spiro atoms. The SMILES string of the molecule is CCOc1ccc(NC(=O)C(=O)NN=C2CCCC2)cc1. The highest BCUT2D eigenvalue weighted by atomic mass is 16.5. The maximum Gasteiger partial charge on any atom is 0.329 e. The van der Waals surface area contributed by atoms with E-state index >= 15 is 0 Å². The molecule has 1 fully saturated rings. The average Bonchev–Trinajstić information content (AvgIpc) is 3.00. The third-order valence-corrected chi connectivity index (χ3v) is 3.13. The van der Waals surface area contributed by atoms with Crippen molar-refractivity contribution in [2.24, 2.45) is 5.10 Å². The van der Waals surface area contributed by atoms with Crippen LogP contribution in [0.2, 0.25) is 0 Å². The predicted molar refractivity (Wildman–Crippen MR) is 80.3 cm³/mol. The van der Waals surface area contributed by atoms with Crippen LogP contribution in [0.25, 0.3) is 0 Å². The van der Waals surface area contributed by atoms with Gasteiger partial charge in [-0.05, 0) is 56.9 Å². The number of hydrazone groups is 1. The number of amides is 2. The molecule has 1 saturated carbocycles. The molecule has 6 heteroatoms. The summed E-state index contributed by atoms with van der Waals surface area (Å²) in [4.78, 5) is 23.3. The molecule has 2 rings (SSSR count). The van der Waals surface area contributed by atoms with E-state index in [0.29, 0.717) is 18.0 Å². The number of nitrogens with one attached hydrogen (secondary N) is 2. The van der Waals surface area contributed by atoms with Gasteiger partial charge in [0.15, 0.2) is 0 Å². The van der Waals surface area contributed by atoms with Crippen molar-refractivity contribution in [1.29, 1.82) is 0 Å². The van der Waals surface area contributed by atoms with Gasteiger partial charge in [0.1, 0.15) is 5.75 Å². The van der Waals surface area contributed by atoms with Gasteiger partial charge in [0, 0.05) is 11.4 Å². The van der Waals surface area contributed by atoms with E-state index in [1.165, 1.54) is 0 Å². The maximum atomic E-state index is 11.7. The van der Waals surface area contributed by atoms with Crippen LogP contribution in [0.1, 0.15) is 32.6 Å². The van der Waals surface area contributed by atoms with Crippen molar-refractivity contribution in [2.45, 2.75) is 32.6 Å². The van der Waals surface area contributed by atoms with Gasteiger partial charge in [-0.1, -0.05) is 0 Å². The first-order valence-electron chi connectivity index (χ1n) is 7.08. The highest BCUT2D eigenvalue weighted by Gasteiger charge is 2.14. The van der Waals surface area contributed by atoms with Crippen LogP contribution < -0.4 is 15.5 Å². The minimum Gasteiger partial charge on any atom is -0.494 e. The fraction of sp³-hybridized carbons (Fsp3) is 0.400. The molecule has 0 heterocycles. The highest BCUT2D eigenvalue weighted by molar-refractivity contribution is 6.39. The highest BCUT2D eigenvalue weighted by Crippen LogP contribution is 2.15. The third kappa shape index (κ3) is 4.59. The molecule has 6 nitrogen and oxygen atoms in total. The van der Waals surface area contributed by atoms with Gasteiger partial charge < -0.3 is 10.1 Å². The quantitative estimate of drug-likeness (QED) is 0.658. The van der Waals surface area contributed by atoms with E-state index in [0.717, 1.165) is 31.4 Å². The number of hydrogen-bond donors (Lipinski definition) is 2. The summed E-state index contributed by atoms with van der Waals surface area (Å²) in [7, 11) is 0. The number of anilines is 1. The molecule has 21 heavy (non-hydrogen) atoms. The first kappa shape index (κ1) is 15.0. The fourth-order valence-electron chi connectivity index (χ4n) is 2.06. The summed E-state index contributed by atoms with van der Waals surface area (Å²) in [5.41, 5.74) is 3.76. The summed E-state index contributed by atoms with van der Waals surface area (Å²) in [5.74, 6) is -0.780. The maximum absolute atomic E-state index is 11.7. The van der Waals surface area contributed by atoms with E-state index < -0.39 is 11.8 Å². The number of nitrogens with zero attached hydrogens (tertiary/aromatic N) is 1. The number of ether oxygens (including phenoxy) is 1. The van der Waals surface area contributed by atoms with Gasteiger partial charge in [0.05, 0.1) is 6.61 Å². The van der Waals surface area contributed by atoms with Gasteiger partial charge in [-0.3, -0.25) is 9.59 Å². The van der Waals surface area contributed by atoms with E-state index in [1.807, 2.05) is 6.92 Å².